The van der Waals surface area contributed by atoms with Crippen molar-refractivity contribution in [2.45, 2.75) is 43.1 Å². The number of hydrogen-bond donors (Lipinski definition) is 1. The number of nitrogens with one attached hydrogen (secondary N) is 1. The summed E-state index contributed by atoms with van der Waals surface area (Å²) < 4.78 is 65.8. The van der Waals surface area contributed by atoms with Gasteiger partial charge in [-0.1, -0.05) is 30.3 Å². The van der Waals surface area contributed by atoms with Gasteiger partial charge in [0.1, 0.15) is 22.4 Å². The summed E-state index contributed by atoms with van der Waals surface area (Å²) in [6.07, 6.45) is 3.96. The number of nitrogens with zero attached hydrogens (tertiary/aromatic N) is 3. The molecule has 5 rings (SSSR count). The van der Waals surface area contributed by atoms with E-state index < -0.39 is 38.4 Å². The fourth-order valence-electron chi connectivity index (χ4n) is 5.02. The predicted octanol–water partition coefficient (Wildman–Crippen LogP) is 3.41. The second-order valence-corrected chi connectivity index (χ2v) is 11.8. The Kier molecular flexibility index (Phi) is 6.63. The number of halogens is 2. The molecule has 2 fully saturated rings. The van der Waals surface area contributed by atoms with Crippen LogP contribution in [0.25, 0.3) is 0 Å². The molecule has 2 aliphatic rings. The lowest BCUT2D eigenvalue weighted by molar-refractivity contribution is -0.0750. The van der Waals surface area contributed by atoms with Crippen molar-refractivity contribution in [2.24, 2.45) is 7.05 Å². The first-order valence-electron chi connectivity index (χ1n) is 12.0. The van der Waals surface area contributed by atoms with E-state index in [0.717, 1.165) is 12.1 Å². The number of aromatic nitrogens is 2. The molecule has 0 saturated carbocycles. The van der Waals surface area contributed by atoms with Crippen molar-refractivity contribution in [3.8, 4) is 0 Å². The molecule has 0 bridgehead atoms. The molecule has 3 aromatic rings. The van der Waals surface area contributed by atoms with E-state index in [2.05, 4.69) is 10.4 Å². The number of sulfonamides is 1. The molecule has 3 heterocycles. The monoisotopic (exact) mass is 530 g/mol. The van der Waals surface area contributed by atoms with Crippen LogP contribution in [0.4, 0.5) is 8.78 Å². The zero-order valence-electron chi connectivity index (χ0n) is 20.5. The van der Waals surface area contributed by atoms with Gasteiger partial charge >= 0.3 is 0 Å². The van der Waals surface area contributed by atoms with Gasteiger partial charge in [-0.2, -0.15) is 9.40 Å². The van der Waals surface area contributed by atoms with Crippen molar-refractivity contribution < 1.29 is 26.7 Å². The van der Waals surface area contributed by atoms with Crippen LogP contribution in [-0.2, 0) is 33.9 Å². The van der Waals surface area contributed by atoms with Crippen LogP contribution in [-0.4, -0.2) is 47.7 Å². The summed E-state index contributed by atoms with van der Waals surface area (Å²) in [5, 5.41) is 5.98. The fraction of sp³-hybridized carbons (Fsp3) is 0.385. The van der Waals surface area contributed by atoms with E-state index in [4.69, 9.17) is 4.74 Å². The number of amides is 1. The fourth-order valence-corrected chi connectivity index (χ4v) is 7.21. The Labute approximate surface area is 214 Å². The SMILES string of the molecule is C[C@@H]1CC[C@@H](c2ccccc2)S(=O)(=O)N1Cc1cc(F)c(C2(NC(=O)c3cnn(C)c3)COC2)cc1F. The molecule has 11 heteroatoms. The van der Waals surface area contributed by atoms with E-state index in [9.17, 15) is 13.2 Å². The zero-order chi connectivity index (χ0) is 26.4. The van der Waals surface area contributed by atoms with Crippen molar-refractivity contribution >= 4 is 15.9 Å². The topological polar surface area (TPSA) is 93.5 Å². The highest BCUT2D eigenvalue weighted by Crippen LogP contribution is 2.39. The summed E-state index contributed by atoms with van der Waals surface area (Å²) in [5.41, 5.74) is -0.395. The quantitative estimate of drug-likeness (QED) is 0.527. The number of benzene rings is 2. The van der Waals surface area contributed by atoms with E-state index >= 15 is 8.78 Å². The highest BCUT2D eigenvalue weighted by molar-refractivity contribution is 7.89. The second kappa shape index (κ2) is 9.62. The lowest BCUT2D eigenvalue weighted by Crippen LogP contribution is -2.59. The second-order valence-electron chi connectivity index (χ2n) is 9.77. The van der Waals surface area contributed by atoms with Crippen LogP contribution in [0, 0.1) is 11.6 Å². The van der Waals surface area contributed by atoms with Gasteiger partial charge in [0.05, 0.1) is 25.0 Å². The molecule has 1 amide bonds. The average Bonchev–Trinajstić information content (AvgIpc) is 3.28. The van der Waals surface area contributed by atoms with Crippen LogP contribution in [0.5, 0.6) is 0 Å². The van der Waals surface area contributed by atoms with Gasteiger partial charge in [-0.3, -0.25) is 9.48 Å². The first kappa shape index (κ1) is 25.5. The maximum atomic E-state index is 15.4. The molecule has 2 saturated heterocycles. The van der Waals surface area contributed by atoms with E-state index in [0.29, 0.717) is 18.4 Å². The first-order chi connectivity index (χ1) is 17.6. The van der Waals surface area contributed by atoms with Gasteiger partial charge < -0.3 is 10.1 Å². The molecule has 1 aromatic heterocycles. The molecule has 1 N–H and O–H groups in total. The van der Waals surface area contributed by atoms with Crippen molar-refractivity contribution in [3.63, 3.8) is 0 Å². The van der Waals surface area contributed by atoms with E-state index in [1.54, 1.807) is 38.2 Å². The number of ether oxygens (including phenoxy) is 1. The third-order valence-electron chi connectivity index (χ3n) is 7.19. The number of aryl methyl sites for hydroxylation is 1. The highest BCUT2D eigenvalue weighted by atomic mass is 32.2. The van der Waals surface area contributed by atoms with Gasteiger partial charge in [0.2, 0.25) is 10.0 Å². The summed E-state index contributed by atoms with van der Waals surface area (Å²) >= 11 is 0. The lowest BCUT2D eigenvalue weighted by atomic mass is 9.86. The Hall–Kier alpha value is -3.15. The van der Waals surface area contributed by atoms with Gasteiger partial charge in [-0.15, -0.1) is 0 Å². The van der Waals surface area contributed by atoms with Crippen LogP contribution < -0.4 is 5.32 Å². The van der Waals surface area contributed by atoms with Crippen LogP contribution in [0.3, 0.4) is 0 Å². The predicted molar refractivity (Wildman–Crippen MR) is 132 cm³/mol. The lowest BCUT2D eigenvalue weighted by Gasteiger charge is -2.42. The van der Waals surface area contributed by atoms with Crippen molar-refractivity contribution in [3.05, 3.63) is 88.7 Å². The number of carbonyl (C=O) groups is 1. The Balaban J connectivity index is 1.41. The van der Waals surface area contributed by atoms with Crippen LogP contribution in [0.15, 0.2) is 54.9 Å². The molecule has 2 aliphatic heterocycles. The summed E-state index contributed by atoms with van der Waals surface area (Å²) in [5.74, 6) is -1.98. The van der Waals surface area contributed by atoms with E-state index in [1.165, 1.54) is 21.4 Å². The van der Waals surface area contributed by atoms with Gasteiger partial charge in [-0.25, -0.2) is 17.2 Å². The minimum atomic E-state index is -3.81. The average molecular weight is 531 g/mol. The Morgan fingerprint density at radius 1 is 1.16 bits per heavy atom. The summed E-state index contributed by atoms with van der Waals surface area (Å²) in [7, 11) is -2.15. The maximum Gasteiger partial charge on any atom is 0.255 e. The van der Waals surface area contributed by atoms with Crippen molar-refractivity contribution in [1.29, 1.82) is 0 Å². The van der Waals surface area contributed by atoms with Crippen LogP contribution in [0.1, 0.15) is 52.1 Å². The number of rotatable bonds is 6. The third-order valence-corrected chi connectivity index (χ3v) is 9.56. The maximum absolute atomic E-state index is 15.4. The summed E-state index contributed by atoms with van der Waals surface area (Å²) in [4.78, 5) is 12.7. The Bertz CT molecular complexity index is 1420. The van der Waals surface area contributed by atoms with Crippen LogP contribution in [0.2, 0.25) is 0 Å². The van der Waals surface area contributed by atoms with Crippen molar-refractivity contribution in [1.82, 2.24) is 19.4 Å². The first-order valence-corrected chi connectivity index (χ1v) is 13.5. The molecule has 2 atom stereocenters. The highest BCUT2D eigenvalue weighted by Gasteiger charge is 2.45. The minimum Gasteiger partial charge on any atom is -0.376 e. The number of hydrogen-bond acceptors (Lipinski definition) is 5. The third kappa shape index (κ3) is 4.67. The Morgan fingerprint density at radius 3 is 2.51 bits per heavy atom. The standard InChI is InChI=1S/C26H28F2N4O4S/c1-17-8-9-24(18-6-4-3-5-7-18)37(34,35)32(17)14-19-10-23(28)21(11-22(19)27)26(15-36-16-26)30-25(33)20-12-29-31(2)13-20/h3-7,10-13,17,24H,8-9,14-16H2,1-2H3,(H,30,33)/t17-,24+/m1/s1. The smallest absolute Gasteiger partial charge is 0.255 e. The van der Waals surface area contributed by atoms with Gasteiger partial charge in [0, 0.05) is 37.0 Å². The zero-order valence-corrected chi connectivity index (χ0v) is 21.3. The van der Waals surface area contributed by atoms with E-state index in [1.807, 2.05) is 6.07 Å². The molecular weight excluding hydrogens is 502 g/mol. The molecule has 8 nitrogen and oxygen atoms in total. The molecular formula is C26H28F2N4O4S. The molecule has 2 aromatic carbocycles. The van der Waals surface area contributed by atoms with E-state index in [-0.39, 0.29) is 42.5 Å². The van der Waals surface area contributed by atoms with Gasteiger partial charge in [0.25, 0.3) is 5.91 Å². The molecule has 37 heavy (non-hydrogen) atoms. The number of carbonyl (C=O) groups excluding carboxylic acids is 1. The minimum absolute atomic E-state index is 0.0228. The molecule has 0 radical (unpaired) electrons. The van der Waals surface area contributed by atoms with Gasteiger partial charge in [0.15, 0.2) is 0 Å². The summed E-state index contributed by atoms with van der Waals surface area (Å²) in [6.45, 7) is 1.44. The Morgan fingerprint density at radius 2 is 1.89 bits per heavy atom. The summed E-state index contributed by atoms with van der Waals surface area (Å²) in [6, 6.07) is 10.6. The van der Waals surface area contributed by atoms with Crippen LogP contribution >= 0.6 is 0 Å². The molecule has 196 valence electrons. The molecule has 0 unspecified atom stereocenters. The van der Waals surface area contributed by atoms with Gasteiger partial charge in [-0.05, 0) is 37.5 Å². The van der Waals surface area contributed by atoms with Crippen molar-refractivity contribution in [2.75, 3.05) is 13.2 Å². The molecule has 0 spiro atoms. The molecule has 0 aliphatic carbocycles. The normalized spacial score (nSPS) is 22.8. The largest absolute Gasteiger partial charge is 0.376 e.